The van der Waals surface area contributed by atoms with Gasteiger partial charge >= 0.3 is 6.03 Å². The van der Waals surface area contributed by atoms with Gasteiger partial charge in [0.25, 0.3) is 0 Å². The molecule has 5 rings (SSSR count). The van der Waals surface area contributed by atoms with E-state index >= 15 is 0 Å². The molecule has 4 N–H and O–H groups in total. The van der Waals surface area contributed by atoms with Gasteiger partial charge in [0.05, 0.1) is 19.1 Å². The average Bonchev–Trinajstić information content (AvgIpc) is 3.50. The highest BCUT2D eigenvalue weighted by molar-refractivity contribution is 5.89. The molecule has 0 radical (unpaired) electrons. The number of nitrogens with one attached hydrogen (secondary N) is 3. The highest BCUT2D eigenvalue weighted by Gasteiger charge is 2.46. The lowest BCUT2D eigenvalue weighted by Gasteiger charge is -2.37. The number of benzene rings is 2. The molecule has 2 aliphatic heterocycles. The van der Waals surface area contributed by atoms with Gasteiger partial charge in [-0.15, -0.1) is 0 Å². The topological polar surface area (TPSA) is 109 Å². The molecule has 0 aromatic heterocycles. The Balaban J connectivity index is 1.22. The number of carbonyl (C=O) groups is 2. The van der Waals surface area contributed by atoms with Crippen molar-refractivity contribution in [1.82, 2.24) is 10.6 Å². The summed E-state index contributed by atoms with van der Waals surface area (Å²) in [5, 5.41) is 18.7. The summed E-state index contributed by atoms with van der Waals surface area (Å²) in [4.78, 5) is 25.0. The Bertz CT molecular complexity index is 1110. The molecule has 8 nitrogen and oxygen atoms in total. The van der Waals surface area contributed by atoms with Crippen LogP contribution in [0.25, 0.3) is 0 Å². The zero-order valence-electron chi connectivity index (χ0n) is 20.0. The molecule has 0 spiro atoms. The quantitative estimate of drug-likeness (QED) is 0.468. The summed E-state index contributed by atoms with van der Waals surface area (Å²) in [5.41, 5.74) is 2.28. The number of rotatable bonds is 7. The van der Waals surface area contributed by atoms with E-state index in [1.807, 2.05) is 12.1 Å². The van der Waals surface area contributed by atoms with Crippen LogP contribution < -0.4 is 20.7 Å². The molecule has 0 unspecified atom stereocenters. The van der Waals surface area contributed by atoms with E-state index in [0.29, 0.717) is 23.4 Å². The number of amides is 3. The Morgan fingerprint density at radius 2 is 1.94 bits per heavy atom. The zero-order chi connectivity index (χ0) is 25.1. The number of fused-ring (bicyclic) bond motifs is 3. The van der Waals surface area contributed by atoms with E-state index in [2.05, 4.69) is 16.0 Å². The predicted molar refractivity (Wildman–Crippen MR) is 131 cm³/mol. The number of anilines is 1. The Hall–Kier alpha value is -3.17. The first-order valence-corrected chi connectivity index (χ1v) is 12.6. The van der Waals surface area contributed by atoms with E-state index in [4.69, 9.17) is 9.47 Å². The monoisotopic (exact) mass is 497 g/mol. The molecule has 3 aliphatic rings. The zero-order valence-corrected chi connectivity index (χ0v) is 20.0. The lowest BCUT2D eigenvalue weighted by atomic mass is 9.84. The van der Waals surface area contributed by atoms with Gasteiger partial charge in [0.2, 0.25) is 5.91 Å². The third kappa shape index (κ3) is 5.63. The van der Waals surface area contributed by atoms with Crippen LogP contribution in [0.15, 0.2) is 42.5 Å². The first-order valence-electron chi connectivity index (χ1n) is 12.6. The fraction of sp³-hybridized carbons (Fsp3) is 0.481. The number of hydrogen-bond acceptors (Lipinski definition) is 5. The van der Waals surface area contributed by atoms with Crippen LogP contribution >= 0.6 is 0 Å². The maximum absolute atomic E-state index is 13.4. The maximum atomic E-state index is 13.4. The molecule has 9 heteroatoms. The fourth-order valence-electron chi connectivity index (χ4n) is 5.52. The van der Waals surface area contributed by atoms with E-state index in [1.54, 1.807) is 18.2 Å². The number of carbonyl (C=O) groups excluding carboxylic acids is 2. The van der Waals surface area contributed by atoms with Crippen molar-refractivity contribution < 1.29 is 28.6 Å². The van der Waals surface area contributed by atoms with Crippen molar-refractivity contribution in [2.75, 3.05) is 11.9 Å². The first kappa shape index (κ1) is 24.5. The molecule has 2 fully saturated rings. The lowest BCUT2D eigenvalue weighted by Crippen LogP contribution is -2.47. The van der Waals surface area contributed by atoms with Gasteiger partial charge in [-0.05, 0) is 55.2 Å². The number of hydrogen-bond donors (Lipinski definition) is 4. The second-order valence-corrected chi connectivity index (χ2v) is 9.85. The maximum Gasteiger partial charge on any atom is 0.319 e. The van der Waals surface area contributed by atoms with Crippen molar-refractivity contribution in [2.24, 2.45) is 0 Å². The molecule has 192 valence electrons. The second kappa shape index (κ2) is 10.8. The molecular weight excluding hydrogens is 465 g/mol. The minimum atomic E-state index is -0.570. The molecule has 1 saturated carbocycles. The highest BCUT2D eigenvalue weighted by Crippen LogP contribution is 2.47. The van der Waals surface area contributed by atoms with Gasteiger partial charge in [-0.2, -0.15) is 0 Å². The van der Waals surface area contributed by atoms with Gasteiger partial charge in [0.15, 0.2) is 0 Å². The van der Waals surface area contributed by atoms with Crippen LogP contribution in [-0.4, -0.2) is 48.0 Å². The summed E-state index contributed by atoms with van der Waals surface area (Å²) in [5.74, 6) is 0.0630. The number of ether oxygens (including phenoxy) is 2. The van der Waals surface area contributed by atoms with E-state index in [-0.39, 0.29) is 55.4 Å². The van der Waals surface area contributed by atoms with Crippen molar-refractivity contribution >= 4 is 17.6 Å². The lowest BCUT2D eigenvalue weighted by molar-refractivity contribution is -0.142. The van der Waals surface area contributed by atoms with Gasteiger partial charge in [-0.3, -0.25) is 4.79 Å². The number of aliphatic hydroxyl groups is 1. The molecule has 2 heterocycles. The summed E-state index contributed by atoms with van der Waals surface area (Å²) in [6.45, 7) is -0.00579. The summed E-state index contributed by atoms with van der Waals surface area (Å²) < 4.78 is 25.5. The SMILES string of the molecule is O=C(C[C@H]1C[C@H]2c3cc(NC(=O)NC4CCCC4)ccc3O[C@H]2[C@H](CO)O1)NCc1cccc(F)c1. The molecule has 1 saturated heterocycles. The third-order valence-electron chi connectivity index (χ3n) is 7.24. The fourth-order valence-corrected chi connectivity index (χ4v) is 5.52. The van der Waals surface area contributed by atoms with Gasteiger partial charge < -0.3 is 30.5 Å². The molecule has 2 aromatic carbocycles. The summed E-state index contributed by atoms with van der Waals surface area (Å²) in [6, 6.07) is 11.6. The predicted octanol–water partition coefficient (Wildman–Crippen LogP) is 3.59. The van der Waals surface area contributed by atoms with E-state index in [1.165, 1.54) is 12.1 Å². The largest absolute Gasteiger partial charge is 0.487 e. The van der Waals surface area contributed by atoms with Gasteiger partial charge in [0.1, 0.15) is 23.8 Å². The number of urea groups is 1. The molecule has 36 heavy (non-hydrogen) atoms. The summed E-state index contributed by atoms with van der Waals surface area (Å²) in [7, 11) is 0. The highest BCUT2D eigenvalue weighted by atomic mass is 19.1. The Kier molecular flexibility index (Phi) is 7.38. The molecule has 1 aliphatic carbocycles. The van der Waals surface area contributed by atoms with E-state index in [9.17, 15) is 19.1 Å². The van der Waals surface area contributed by atoms with Crippen LogP contribution in [0.2, 0.25) is 0 Å². The number of aliphatic hydroxyl groups excluding tert-OH is 1. The van der Waals surface area contributed by atoms with E-state index < -0.39 is 12.2 Å². The van der Waals surface area contributed by atoms with Crippen LogP contribution in [0.3, 0.4) is 0 Å². The number of halogens is 1. The Labute approximate surface area is 209 Å². The third-order valence-corrected chi connectivity index (χ3v) is 7.24. The van der Waals surface area contributed by atoms with Crippen LogP contribution in [0, 0.1) is 5.82 Å². The summed E-state index contributed by atoms with van der Waals surface area (Å²) >= 11 is 0. The van der Waals surface area contributed by atoms with Crippen molar-refractivity contribution in [3.05, 3.63) is 59.4 Å². The molecule has 4 atom stereocenters. The van der Waals surface area contributed by atoms with E-state index in [0.717, 1.165) is 31.2 Å². The first-order chi connectivity index (χ1) is 17.5. The smallest absolute Gasteiger partial charge is 0.319 e. The Morgan fingerprint density at radius 3 is 2.72 bits per heavy atom. The normalized spacial score (nSPS) is 24.9. The van der Waals surface area contributed by atoms with Crippen LogP contribution in [0.1, 0.15) is 55.6 Å². The van der Waals surface area contributed by atoms with Crippen molar-refractivity contribution in [3.8, 4) is 5.75 Å². The minimum absolute atomic E-state index is 0.0773. The second-order valence-electron chi connectivity index (χ2n) is 9.85. The molecule has 0 bridgehead atoms. The molecule has 3 amide bonds. The van der Waals surface area contributed by atoms with Crippen LogP contribution in [0.5, 0.6) is 5.75 Å². The van der Waals surface area contributed by atoms with Gasteiger partial charge in [0, 0.05) is 29.8 Å². The van der Waals surface area contributed by atoms with Crippen molar-refractivity contribution in [1.29, 1.82) is 0 Å². The standard InChI is InChI=1S/C27H32FN3O5/c28-17-5-3-4-16(10-17)14-29-25(33)13-20-12-22-21-11-19(31-27(34)30-18-6-1-2-7-18)8-9-23(21)36-26(22)24(15-32)35-20/h3-5,8-11,18,20,22,24,26,32H,1-2,6-7,12-15H2,(H,29,33)(H2,30,31,34)/t20-,22+,24+,26-/m1/s1. The average molecular weight is 498 g/mol. The van der Waals surface area contributed by atoms with Crippen LogP contribution in [-0.2, 0) is 16.1 Å². The molecular formula is C27H32FN3O5. The van der Waals surface area contributed by atoms with Gasteiger partial charge in [-0.25, -0.2) is 9.18 Å². The van der Waals surface area contributed by atoms with Crippen LogP contribution in [0.4, 0.5) is 14.9 Å². The summed E-state index contributed by atoms with van der Waals surface area (Å²) in [6.07, 6.45) is 3.62. The van der Waals surface area contributed by atoms with Crippen molar-refractivity contribution in [3.63, 3.8) is 0 Å². The van der Waals surface area contributed by atoms with Gasteiger partial charge in [-0.1, -0.05) is 25.0 Å². The Morgan fingerprint density at radius 1 is 1.11 bits per heavy atom. The molecule has 2 aromatic rings. The minimum Gasteiger partial charge on any atom is -0.487 e. The van der Waals surface area contributed by atoms with Crippen molar-refractivity contribution in [2.45, 2.75) is 75.3 Å².